The number of hydrogen-bond acceptors (Lipinski definition) is 5. The van der Waals surface area contributed by atoms with Crippen molar-refractivity contribution in [2.45, 2.75) is 53.2 Å². The summed E-state index contributed by atoms with van der Waals surface area (Å²) in [7, 11) is 1.82. The van der Waals surface area contributed by atoms with Crippen molar-refractivity contribution in [3.8, 4) is 0 Å². The number of allylic oxidation sites excluding steroid dienone is 2. The molecule has 0 saturated heterocycles. The largest absolute Gasteiger partial charge is 0.478 e. The second-order valence-corrected chi connectivity index (χ2v) is 6.04. The van der Waals surface area contributed by atoms with Gasteiger partial charge in [-0.15, -0.1) is 0 Å². The fraction of sp³-hybridized carbons (Fsp3) is 0.706. The van der Waals surface area contributed by atoms with Crippen LogP contribution in [0.15, 0.2) is 23.5 Å². The zero-order valence-electron chi connectivity index (χ0n) is 15.7. The third-order valence-electron chi connectivity index (χ3n) is 3.24. The van der Waals surface area contributed by atoms with Crippen LogP contribution in [0.25, 0.3) is 0 Å². The van der Waals surface area contributed by atoms with Crippen molar-refractivity contribution < 1.29 is 9.53 Å². The third-order valence-corrected chi connectivity index (χ3v) is 3.35. The average Bonchev–Trinajstić information content (AvgIpc) is 2.55. The molecule has 0 fully saturated rings. The minimum Gasteiger partial charge on any atom is -0.478 e. The van der Waals surface area contributed by atoms with Gasteiger partial charge in [0.15, 0.2) is 6.07 Å². The van der Waals surface area contributed by atoms with Gasteiger partial charge in [0, 0.05) is 24.6 Å². The molecule has 2 atom stereocenters. The highest BCUT2D eigenvalue weighted by Crippen LogP contribution is 2.19. The van der Waals surface area contributed by atoms with Crippen molar-refractivity contribution >= 4 is 17.5 Å². The van der Waals surface area contributed by atoms with Crippen LogP contribution < -0.4 is 21.5 Å². The van der Waals surface area contributed by atoms with E-state index in [2.05, 4.69) is 41.4 Å². The van der Waals surface area contributed by atoms with E-state index in [9.17, 15) is 4.79 Å². The number of nitrogens with one attached hydrogen (secondary N) is 4. The highest BCUT2D eigenvalue weighted by atomic mass is 35.5. The molecule has 0 aliphatic heterocycles. The molecule has 0 radical (unpaired) electrons. The normalized spacial score (nSPS) is 15.3. The third kappa shape index (κ3) is 9.27. The Kier molecular flexibility index (Phi) is 12.6. The number of carbonyl (C=O) groups excluding carboxylic acids is 1. The molecule has 6 nitrogen and oxygen atoms in total. The first-order valence-electron chi connectivity index (χ1n) is 8.41. The minimum absolute atomic E-state index is 0.0303. The molecule has 4 N–H and O–H groups in total. The molecule has 0 bridgehead atoms. The van der Waals surface area contributed by atoms with E-state index in [1.54, 1.807) is 0 Å². The molecule has 24 heavy (non-hydrogen) atoms. The van der Waals surface area contributed by atoms with E-state index in [1.165, 1.54) is 0 Å². The molecule has 0 aliphatic carbocycles. The lowest BCUT2D eigenvalue weighted by atomic mass is 10.0. The predicted octanol–water partition coefficient (Wildman–Crippen LogP) is 2.24. The van der Waals surface area contributed by atoms with E-state index in [-0.39, 0.29) is 24.2 Å². The first-order valence-corrected chi connectivity index (χ1v) is 8.95. The summed E-state index contributed by atoms with van der Waals surface area (Å²) in [6.45, 7) is 10.6. The van der Waals surface area contributed by atoms with Gasteiger partial charge in [0.1, 0.15) is 11.9 Å². The highest BCUT2D eigenvalue weighted by molar-refractivity contribution is 6.17. The van der Waals surface area contributed by atoms with Gasteiger partial charge in [-0.05, 0) is 32.9 Å². The van der Waals surface area contributed by atoms with Crippen LogP contribution in [0.4, 0.5) is 0 Å². The molecule has 0 aromatic carbocycles. The zero-order chi connectivity index (χ0) is 18.5. The number of alkyl halides is 1. The van der Waals surface area contributed by atoms with Crippen LogP contribution in [0.1, 0.15) is 41.0 Å². The van der Waals surface area contributed by atoms with Crippen molar-refractivity contribution in [3.05, 3.63) is 23.5 Å². The lowest BCUT2D eigenvalue weighted by Crippen LogP contribution is -2.53. The van der Waals surface area contributed by atoms with Gasteiger partial charge in [-0.3, -0.25) is 21.0 Å². The van der Waals surface area contributed by atoms with E-state index >= 15 is 0 Å². The smallest absolute Gasteiger partial charge is 0.221 e. The van der Waals surface area contributed by atoms with Gasteiger partial charge in [0.2, 0.25) is 5.91 Å². The predicted molar refractivity (Wildman–Crippen MR) is 100 cm³/mol. The Balaban J connectivity index is 5.50. The van der Waals surface area contributed by atoms with E-state index in [1.807, 2.05) is 33.9 Å². The van der Waals surface area contributed by atoms with Crippen molar-refractivity contribution in [2.75, 3.05) is 19.7 Å². The Hall–Kier alpha value is -1.08. The summed E-state index contributed by atoms with van der Waals surface area (Å²) in [5, 5.41) is 6.45. The van der Waals surface area contributed by atoms with Crippen LogP contribution in [-0.4, -0.2) is 37.8 Å². The first-order chi connectivity index (χ1) is 11.4. The van der Waals surface area contributed by atoms with Crippen LogP contribution in [0.3, 0.4) is 0 Å². The van der Waals surface area contributed by atoms with Gasteiger partial charge >= 0.3 is 0 Å². The van der Waals surface area contributed by atoms with Gasteiger partial charge in [-0.1, -0.05) is 38.4 Å². The van der Waals surface area contributed by atoms with Crippen LogP contribution in [0.2, 0.25) is 0 Å². The summed E-state index contributed by atoms with van der Waals surface area (Å²) < 4.78 is 5.55. The number of rotatable bonds is 12. The van der Waals surface area contributed by atoms with Gasteiger partial charge < -0.3 is 10.1 Å². The summed E-state index contributed by atoms with van der Waals surface area (Å²) in [6, 6.07) is 0.171. The fourth-order valence-electron chi connectivity index (χ4n) is 2.14. The lowest BCUT2D eigenvalue weighted by Gasteiger charge is -2.28. The molecule has 0 saturated carbocycles. The summed E-state index contributed by atoms with van der Waals surface area (Å²) in [4.78, 5) is 12.0. The molecule has 0 spiro atoms. The number of hydrazine groups is 1. The number of halogens is 1. The Morgan fingerprint density at radius 1 is 1.29 bits per heavy atom. The lowest BCUT2D eigenvalue weighted by molar-refractivity contribution is -0.121. The molecule has 0 rings (SSSR count). The van der Waals surface area contributed by atoms with Gasteiger partial charge in [-0.2, -0.15) is 0 Å². The summed E-state index contributed by atoms with van der Waals surface area (Å²) in [5.41, 5.74) is 6.83. The van der Waals surface area contributed by atoms with Crippen LogP contribution in [0.5, 0.6) is 0 Å². The maximum absolute atomic E-state index is 12.0. The molecular formula is C17H33ClN4O2. The van der Waals surface area contributed by atoms with Gasteiger partial charge in [-0.25, -0.2) is 0 Å². The number of amides is 1. The van der Waals surface area contributed by atoms with Crippen molar-refractivity contribution in [1.82, 2.24) is 21.5 Å². The first kappa shape index (κ1) is 22.9. The number of carbonyl (C=O) groups is 1. The summed E-state index contributed by atoms with van der Waals surface area (Å²) in [5.74, 6) is 0.932. The van der Waals surface area contributed by atoms with E-state index in [4.69, 9.17) is 16.3 Å². The second-order valence-electron chi connectivity index (χ2n) is 5.83. The minimum atomic E-state index is -0.358. The SMILES string of the molecule is CC=C(OCCl)C(=CC(C)C)C(NC(=O)CC)NC(C)CNNC. The second kappa shape index (κ2) is 13.2. The summed E-state index contributed by atoms with van der Waals surface area (Å²) in [6.07, 6.45) is 3.99. The monoisotopic (exact) mass is 360 g/mol. The van der Waals surface area contributed by atoms with Crippen LogP contribution in [-0.2, 0) is 9.53 Å². The average molecular weight is 361 g/mol. The highest BCUT2D eigenvalue weighted by Gasteiger charge is 2.22. The van der Waals surface area contributed by atoms with Gasteiger partial charge in [0.05, 0.1) is 0 Å². The topological polar surface area (TPSA) is 74.4 Å². The summed E-state index contributed by atoms with van der Waals surface area (Å²) >= 11 is 5.75. The maximum atomic E-state index is 12.0. The molecule has 140 valence electrons. The van der Waals surface area contributed by atoms with Crippen molar-refractivity contribution in [3.63, 3.8) is 0 Å². The Morgan fingerprint density at radius 2 is 1.96 bits per heavy atom. The van der Waals surface area contributed by atoms with Gasteiger partial charge in [0.25, 0.3) is 0 Å². The van der Waals surface area contributed by atoms with Crippen molar-refractivity contribution in [2.24, 2.45) is 5.92 Å². The van der Waals surface area contributed by atoms with E-state index in [0.717, 1.165) is 5.57 Å². The molecule has 0 aromatic rings. The maximum Gasteiger partial charge on any atom is 0.221 e. The van der Waals surface area contributed by atoms with Crippen molar-refractivity contribution in [1.29, 1.82) is 0 Å². The molecule has 0 aromatic heterocycles. The Labute approximate surface area is 151 Å². The van der Waals surface area contributed by atoms with Crippen LogP contribution >= 0.6 is 11.6 Å². The molecule has 7 heteroatoms. The van der Waals surface area contributed by atoms with E-state index < -0.39 is 0 Å². The fourth-order valence-corrected chi connectivity index (χ4v) is 2.26. The molecular weight excluding hydrogens is 328 g/mol. The molecule has 2 unspecified atom stereocenters. The van der Waals surface area contributed by atoms with Crippen LogP contribution in [0, 0.1) is 5.92 Å². The standard InChI is InChI=1S/C17H33ClN4O2/c1-7-15(24-11-18)14(9-12(3)4)17(22-16(23)8-2)21-13(5)10-20-19-6/h7,9,12-13,17,19-21H,8,10-11H2,1-6H3,(H,22,23). The number of hydrogen-bond donors (Lipinski definition) is 4. The number of ether oxygens (including phenoxy) is 1. The molecule has 0 aliphatic rings. The Morgan fingerprint density at radius 3 is 2.42 bits per heavy atom. The zero-order valence-corrected chi connectivity index (χ0v) is 16.5. The molecule has 0 heterocycles. The molecule has 1 amide bonds. The Bertz CT molecular complexity index is 425. The van der Waals surface area contributed by atoms with E-state index in [0.29, 0.717) is 24.6 Å². The quantitative estimate of drug-likeness (QED) is 0.141.